The van der Waals surface area contributed by atoms with Gasteiger partial charge in [0.25, 0.3) is 0 Å². The molecule has 1 heterocycles. The Bertz CT molecular complexity index is 478. The predicted molar refractivity (Wildman–Crippen MR) is 74.3 cm³/mol. The van der Waals surface area contributed by atoms with E-state index in [1.165, 1.54) is 24.0 Å². The number of fused-ring (bicyclic) bond motifs is 1. The number of benzene rings is 1. The van der Waals surface area contributed by atoms with Crippen molar-refractivity contribution in [2.75, 3.05) is 6.54 Å². The highest BCUT2D eigenvalue weighted by atomic mass is 35.5. The number of halogens is 1. The summed E-state index contributed by atoms with van der Waals surface area (Å²) in [6, 6.07) is 1.97. The van der Waals surface area contributed by atoms with Crippen LogP contribution in [0.15, 0.2) is 6.07 Å². The van der Waals surface area contributed by atoms with Crippen molar-refractivity contribution >= 4 is 11.6 Å². The average molecular weight is 266 g/mol. The molecule has 1 aliphatic carbocycles. The summed E-state index contributed by atoms with van der Waals surface area (Å²) in [6.07, 6.45) is 6.87. The predicted octanol–water partition coefficient (Wildman–Crippen LogP) is 3.52. The smallest absolute Gasteiger partial charge is 0.139 e. The third kappa shape index (κ3) is 1.83. The molecule has 2 aliphatic rings. The largest absolute Gasteiger partial charge is 0.506 e. The normalized spacial score (nSPS) is 27.2. The summed E-state index contributed by atoms with van der Waals surface area (Å²) in [5, 5.41) is 14.5. The number of nitrogens with one attached hydrogen (secondary N) is 1. The number of hydrogen-bond acceptors (Lipinski definition) is 2. The van der Waals surface area contributed by atoms with Crippen molar-refractivity contribution in [3.05, 3.63) is 27.8 Å². The molecule has 0 amide bonds. The average Bonchev–Trinajstić information content (AvgIpc) is 2.78. The minimum atomic E-state index is -0.101. The van der Waals surface area contributed by atoms with E-state index in [4.69, 9.17) is 11.6 Å². The van der Waals surface area contributed by atoms with E-state index in [9.17, 15) is 5.11 Å². The van der Waals surface area contributed by atoms with E-state index in [1.807, 2.05) is 6.07 Å². The summed E-state index contributed by atoms with van der Waals surface area (Å²) in [4.78, 5) is 0. The van der Waals surface area contributed by atoms with E-state index in [1.54, 1.807) is 0 Å². The van der Waals surface area contributed by atoms with Gasteiger partial charge < -0.3 is 10.4 Å². The lowest BCUT2D eigenvalue weighted by Gasteiger charge is -2.32. The van der Waals surface area contributed by atoms with Gasteiger partial charge in [0, 0.05) is 11.1 Å². The molecular formula is C15H20ClNO. The number of phenolic OH excluding ortho intramolecular Hbond substituents is 1. The first-order valence-electron chi connectivity index (χ1n) is 6.90. The Balaban J connectivity index is 2.20. The number of hydrogen-bond donors (Lipinski definition) is 2. The van der Waals surface area contributed by atoms with Gasteiger partial charge in [-0.2, -0.15) is 0 Å². The van der Waals surface area contributed by atoms with Crippen LogP contribution in [0, 0.1) is 0 Å². The number of rotatable bonds is 1. The fourth-order valence-electron chi connectivity index (χ4n) is 3.56. The third-order valence-corrected chi connectivity index (χ3v) is 4.78. The maximum absolute atomic E-state index is 10.4. The lowest BCUT2D eigenvalue weighted by molar-refractivity contribution is 0.388. The van der Waals surface area contributed by atoms with Gasteiger partial charge >= 0.3 is 0 Å². The molecule has 3 rings (SSSR count). The van der Waals surface area contributed by atoms with Gasteiger partial charge in [-0.15, -0.1) is 0 Å². The second-order valence-electron chi connectivity index (χ2n) is 5.79. The second kappa shape index (κ2) is 4.43. The summed E-state index contributed by atoms with van der Waals surface area (Å²) < 4.78 is 0. The molecule has 0 radical (unpaired) electrons. The van der Waals surface area contributed by atoms with Crippen LogP contribution in [0.2, 0.25) is 5.02 Å². The summed E-state index contributed by atoms with van der Waals surface area (Å²) in [5.74, 6) is 0.300. The second-order valence-corrected chi connectivity index (χ2v) is 6.20. The molecule has 0 bridgehead atoms. The fourth-order valence-corrected chi connectivity index (χ4v) is 3.79. The van der Waals surface area contributed by atoms with Crippen LogP contribution in [0.1, 0.15) is 49.3 Å². The molecule has 0 spiro atoms. The zero-order chi connectivity index (χ0) is 12.8. The molecule has 1 aromatic rings. The maximum Gasteiger partial charge on any atom is 0.139 e. The van der Waals surface area contributed by atoms with E-state index in [-0.39, 0.29) is 5.54 Å². The molecule has 18 heavy (non-hydrogen) atoms. The monoisotopic (exact) mass is 265 g/mol. The summed E-state index contributed by atoms with van der Waals surface area (Å²) in [5.41, 5.74) is 3.66. The Morgan fingerprint density at radius 2 is 2.06 bits per heavy atom. The van der Waals surface area contributed by atoms with Gasteiger partial charge in [0.2, 0.25) is 0 Å². The zero-order valence-electron chi connectivity index (χ0n) is 10.9. The van der Waals surface area contributed by atoms with Crippen LogP contribution in [0.3, 0.4) is 0 Å². The first-order valence-corrected chi connectivity index (χ1v) is 7.28. The third-order valence-electron chi connectivity index (χ3n) is 4.50. The van der Waals surface area contributed by atoms with Crippen LogP contribution in [0.4, 0.5) is 0 Å². The topological polar surface area (TPSA) is 32.3 Å². The zero-order valence-corrected chi connectivity index (χ0v) is 11.6. The standard InChI is InChI=1S/C15H20ClNO/c1-15(7-4-8-17-15)13-11-6-3-2-5-10(11)9-12(16)14(13)18/h9,17-18H,2-8H2,1H3. The van der Waals surface area contributed by atoms with Gasteiger partial charge in [0.05, 0.1) is 5.02 Å². The minimum Gasteiger partial charge on any atom is -0.506 e. The van der Waals surface area contributed by atoms with E-state index in [0.29, 0.717) is 10.8 Å². The molecule has 1 fully saturated rings. The number of aromatic hydroxyl groups is 1. The van der Waals surface area contributed by atoms with Crippen molar-refractivity contribution in [3.8, 4) is 5.75 Å². The van der Waals surface area contributed by atoms with E-state index >= 15 is 0 Å². The molecule has 2 nitrogen and oxygen atoms in total. The number of aryl methyl sites for hydroxylation is 1. The van der Waals surface area contributed by atoms with Gasteiger partial charge in [-0.1, -0.05) is 11.6 Å². The molecule has 1 saturated heterocycles. The summed E-state index contributed by atoms with van der Waals surface area (Å²) in [6.45, 7) is 3.22. The molecule has 1 unspecified atom stereocenters. The van der Waals surface area contributed by atoms with Gasteiger partial charge in [-0.3, -0.25) is 0 Å². The van der Waals surface area contributed by atoms with Gasteiger partial charge in [0.15, 0.2) is 0 Å². The highest BCUT2D eigenvalue weighted by Gasteiger charge is 2.36. The van der Waals surface area contributed by atoms with Gasteiger partial charge in [0.1, 0.15) is 5.75 Å². The quantitative estimate of drug-likeness (QED) is 0.814. The van der Waals surface area contributed by atoms with Crippen molar-refractivity contribution in [2.24, 2.45) is 0 Å². The Kier molecular flexibility index (Phi) is 3.03. The van der Waals surface area contributed by atoms with Crippen LogP contribution in [-0.4, -0.2) is 11.7 Å². The van der Waals surface area contributed by atoms with E-state index in [2.05, 4.69) is 12.2 Å². The van der Waals surface area contributed by atoms with Crippen molar-refractivity contribution in [1.29, 1.82) is 0 Å². The fraction of sp³-hybridized carbons (Fsp3) is 0.600. The van der Waals surface area contributed by atoms with Crippen LogP contribution in [-0.2, 0) is 18.4 Å². The molecular weight excluding hydrogens is 246 g/mol. The van der Waals surface area contributed by atoms with Crippen molar-refractivity contribution < 1.29 is 5.11 Å². The van der Waals surface area contributed by atoms with Crippen molar-refractivity contribution in [1.82, 2.24) is 5.32 Å². The Hall–Kier alpha value is -0.730. The van der Waals surface area contributed by atoms with Crippen LogP contribution >= 0.6 is 11.6 Å². The highest BCUT2D eigenvalue weighted by Crippen LogP contribution is 2.44. The molecule has 1 atom stereocenters. The van der Waals surface area contributed by atoms with Gasteiger partial charge in [-0.05, 0) is 69.2 Å². The highest BCUT2D eigenvalue weighted by molar-refractivity contribution is 6.32. The first-order chi connectivity index (χ1) is 8.62. The van der Waals surface area contributed by atoms with Gasteiger partial charge in [-0.25, -0.2) is 0 Å². The van der Waals surface area contributed by atoms with Crippen LogP contribution in [0.5, 0.6) is 5.75 Å². The molecule has 0 saturated carbocycles. The first kappa shape index (κ1) is 12.3. The lowest BCUT2D eigenvalue weighted by Crippen LogP contribution is -2.35. The Labute approximate surface area is 113 Å². The van der Waals surface area contributed by atoms with Crippen molar-refractivity contribution in [3.63, 3.8) is 0 Å². The Morgan fingerprint density at radius 3 is 2.78 bits per heavy atom. The summed E-state index contributed by atoms with van der Waals surface area (Å²) >= 11 is 6.21. The van der Waals surface area contributed by atoms with Crippen LogP contribution < -0.4 is 5.32 Å². The molecule has 1 aromatic carbocycles. The lowest BCUT2D eigenvalue weighted by atomic mass is 9.79. The minimum absolute atomic E-state index is 0.101. The summed E-state index contributed by atoms with van der Waals surface area (Å²) in [7, 11) is 0. The molecule has 1 aliphatic heterocycles. The van der Waals surface area contributed by atoms with Crippen molar-refractivity contribution in [2.45, 2.75) is 51.0 Å². The number of phenols is 1. The van der Waals surface area contributed by atoms with Crippen LogP contribution in [0.25, 0.3) is 0 Å². The maximum atomic E-state index is 10.4. The molecule has 98 valence electrons. The Morgan fingerprint density at radius 1 is 1.28 bits per heavy atom. The van der Waals surface area contributed by atoms with E-state index in [0.717, 1.165) is 37.8 Å². The van der Waals surface area contributed by atoms with E-state index < -0.39 is 0 Å². The SMILES string of the molecule is CC1(c2c(O)c(Cl)cc3c2CCCC3)CCCN1. The molecule has 0 aromatic heterocycles. The molecule has 2 N–H and O–H groups in total. The molecule has 3 heteroatoms.